The monoisotopic (exact) mass is 238 g/mol. The second-order valence-corrected chi connectivity index (χ2v) is 6.14. The molecule has 1 heterocycles. The van der Waals surface area contributed by atoms with Gasteiger partial charge in [-0.3, -0.25) is 10.1 Å². The molecule has 1 amide bonds. The van der Waals surface area contributed by atoms with E-state index in [4.69, 9.17) is 0 Å². The van der Waals surface area contributed by atoms with E-state index in [1.54, 1.807) is 0 Å². The van der Waals surface area contributed by atoms with Crippen LogP contribution in [-0.4, -0.2) is 29.6 Å². The first-order chi connectivity index (χ1) is 8.08. The van der Waals surface area contributed by atoms with Crippen molar-refractivity contribution in [3.8, 4) is 0 Å². The van der Waals surface area contributed by atoms with E-state index < -0.39 is 0 Å². The van der Waals surface area contributed by atoms with Crippen LogP contribution in [0.1, 0.15) is 52.9 Å². The van der Waals surface area contributed by atoms with Crippen LogP contribution < -0.4 is 5.32 Å². The zero-order valence-corrected chi connectivity index (χ0v) is 11.4. The van der Waals surface area contributed by atoms with Crippen molar-refractivity contribution in [3.63, 3.8) is 0 Å². The van der Waals surface area contributed by atoms with Crippen LogP contribution in [-0.2, 0) is 4.79 Å². The van der Waals surface area contributed by atoms with Gasteiger partial charge in [-0.25, -0.2) is 0 Å². The van der Waals surface area contributed by atoms with Crippen molar-refractivity contribution in [2.45, 2.75) is 65.1 Å². The molecule has 1 aliphatic carbocycles. The Morgan fingerprint density at radius 3 is 2.71 bits per heavy atom. The highest BCUT2D eigenvalue weighted by atomic mass is 16.2. The third kappa shape index (κ3) is 3.44. The molecule has 1 saturated heterocycles. The Hall–Kier alpha value is -0.570. The minimum atomic E-state index is 0.0610. The number of amides is 1. The molecule has 2 aliphatic rings. The van der Waals surface area contributed by atoms with E-state index in [1.807, 2.05) is 4.90 Å². The summed E-state index contributed by atoms with van der Waals surface area (Å²) < 4.78 is 0. The van der Waals surface area contributed by atoms with E-state index >= 15 is 0 Å². The number of carbonyl (C=O) groups excluding carboxylic acids is 1. The van der Waals surface area contributed by atoms with E-state index in [2.05, 4.69) is 26.1 Å². The van der Waals surface area contributed by atoms with Crippen molar-refractivity contribution in [1.29, 1.82) is 0 Å². The summed E-state index contributed by atoms with van der Waals surface area (Å²) in [7, 11) is 0. The van der Waals surface area contributed by atoms with Gasteiger partial charge in [-0.15, -0.1) is 0 Å². The predicted octanol–water partition coefficient (Wildman–Crippen LogP) is 2.37. The van der Waals surface area contributed by atoms with Crippen LogP contribution >= 0.6 is 0 Å². The maximum absolute atomic E-state index is 12.2. The number of nitrogens with one attached hydrogen (secondary N) is 1. The van der Waals surface area contributed by atoms with E-state index in [9.17, 15) is 4.79 Å². The van der Waals surface area contributed by atoms with Gasteiger partial charge in [-0.2, -0.15) is 0 Å². The lowest BCUT2D eigenvalue weighted by atomic mass is 10.0. The minimum Gasteiger partial charge on any atom is -0.326 e. The summed E-state index contributed by atoms with van der Waals surface area (Å²) in [6.07, 6.45) is 6.50. The van der Waals surface area contributed by atoms with E-state index in [-0.39, 0.29) is 12.2 Å². The average Bonchev–Trinajstić information content (AvgIpc) is 3.01. The molecule has 1 N–H and O–H groups in total. The molecule has 3 heteroatoms. The van der Waals surface area contributed by atoms with Gasteiger partial charge in [-0.05, 0) is 38.0 Å². The first kappa shape index (κ1) is 12.9. The van der Waals surface area contributed by atoms with Gasteiger partial charge < -0.3 is 4.90 Å². The van der Waals surface area contributed by atoms with Crippen molar-refractivity contribution in [1.82, 2.24) is 10.2 Å². The third-order valence-corrected chi connectivity index (χ3v) is 3.91. The standard InChI is InChI=1S/C14H26N2O/c1-10(2)9-13-14(17)16(11(3)15-13)8-4-5-12-6-7-12/h10-13,15H,4-9H2,1-3H3. The normalized spacial score (nSPS) is 29.4. The maximum Gasteiger partial charge on any atom is 0.241 e. The fraction of sp³-hybridized carbons (Fsp3) is 0.929. The van der Waals surface area contributed by atoms with Crippen LogP contribution in [0.15, 0.2) is 0 Å². The number of hydrogen-bond acceptors (Lipinski definition) is 2. The molecule has 1 aliphatic heterocycles. The molecule has 0 spiro atoms. The Morgan fingerprint density at radius 2 is 2.12 bits per heavy atom. The van der Waals surface area contributed by atoms with Gasteiger partial charge in [0.05, 0.1) is 12.2 Å². The fourth-order valence-corrected chi connectivity index (χ4v) is 2.74. The lowest BCUT2D eigenvalue weighted by molar-refractivity contribution is -0.130. The molecule has 2 atom stereocenters. The molecule has 2 rings (SSSR count). The van der Waals surface area contributed by atoms with Gasteiger partial charge in [0.25, 0.3) is 0 Å². The van der Waals surface area contributed by atoms with Crippen LogP contribution in [0.3, 0.4) is 0 Å². The molecule has 0 bridgehead atoms. The maximum atomic E-state index is 12.2. The predicted molar refractivity (Wildman–Crippen MR) is 69.5 cm³/mol. The molecule has 1 saturated carbocycles. The molecule has 2 unspecified atom stereocenters. The number of nitrogens with zero attached hydrogens (tertiary/aromatic N) is 1. The molecule has 0 aromatic heterocycles. The van der Waals surface area contributed by atoms with Crippen molar-refractivity contribution < 1.29 is 4.79 Å². The largest absolute Gasteiger partial charge is 0.326 e. The van der Waals surface area contributed by atoms with Gasteiger partial charge in [-0.1, -0.05) is 26.7 Å². The molecule has 0 aromatic carbocycles. The number of rotatable bonds is 6. The molecule has 0 radical (unpaired) electrons. The molecule has 0 aromatic rings. The Labute approximate surface area is 105 Å². The van der Waals surface area contributed by atoms with Crippen molar-refractivity contribution >= 4 is 5.91 Å². The highest BCUT2D eigenvalue weighted by Crippen LogP contribution is 2.33. The van der Waals surface area contributed by atoms with Gasteiger partial charge in [0.2, 0.25) is 5.91 Å². The van der Waals surface area contributed by atoms with Gasteiger partial charge in [0, 0.05) is 6.54 Å². The van der Waals surface area contributed by atoms with Crippen molar-refractivity contribution in [2.24, 2.45) is 11.8 Å². The molecular formula is C14H26N2O. The highest BCUT2D eigenvalue weighted by Gasteiger charge is 2.36. The molecule has 17 heavy (non-hydrogen) atoms. The van der Waals surface area contributed by atoms with E-state index in [0.717, 1.165) is 18.9 Å². The lowest BCUT2D eigenvalue weighted by Gasteiger charge is -2.20. The van der Waals surface area contributed by atoms with Crippen LogP contribution in [0, 0.1) is 11.8 Å². The first-order valence-corrected chi connectivity index (χ1v) is 7.14. The topological polar surface area (TPSA) is 32.3 Å². The van der Waals surface area contributed by atoms with Crippen LogP contribution in [0.4, 0.5) is 0 Å². The number of carbonyl (C=O) groups is 1. The fourth-order valence-electron chi connectivity index (χ4n) is 2.74. The molecule has 98 valence electrons. The first-order valence-electron chi connectivity index (χ1n) is 7.14. The Bertz CT molecular complexity index is 273. The summed E-state index contributed by atoms with van der Waals surface area (Å²) in [6.45, 7) is 7.40. The van der Waals surface area contributed by atoms with Crippen molar-refractivity contribution in [2.75, 3.05) is 6.54 Å². The van der Waals surface area contributed by atoms with Crippen molar-refractivity contribution in [3.05, 3.63) is 0 Å². The Kier molecular flexibility index (Phi) is 4.08. The quantitative estimate of drug-likeness (QED) is 0.770. The summed E-state index contributed by atoms with van der Waals surface area (Å²) in [5, 5.41) is 3.42. The van der Waals surface area contributed by atoms with Crippen LogP contribution in [0.25, 0.3) is 0 Å². The minimum absolute atomic E-state index is 0.0610. The van der Waals surface area contributed by atoms with E-state index in [0.29, 0.717) is 11.8 Å². The van der Waals surface area contributed by atoms with Crippen LogP contribution in [0.5, 0.6) is 0 Å². The van der Waals surface area contributed by atoms with Gasteiger partial charge >= 0.3 is 0 Å². The number of hydrogen-bond donors (Lipinski definition) is 1. The zero-order chi connectivity index (χ0) is 12.4. The summed E-state index contributed by atoms with van der Waals surface area (Å²) in [5.41, 5.74) is 0. The van der Waals surface area contributed by atoms with Crippen LogP contribution in [0.2, 0.25) is 0 Å². The SMILES string of the molecule is CC(C)CC1NC(C)N(CCCC2CC2)C1=O. The summed E-state index contributed by atoms with van der Waals surface area (Å²) in [6, 6.07) is 0.0610. The average molecular weight is 238 g/mol. The molecular weight excluding hydrogens is 212 g/mol. The second kappa shape index (κ2) is 5.38. The third-order valence-electron chi connectivity index (χ3n) is 3.91. The van der Waals surface area contributed by atoms with Gasteiger partial charge in [0.1, 0.15) is 0 Å². The molecule has 2 fully saturated rings. The van der Waals surface area contributed by atoms with E-state index in [1.165, 1.54) is 25.7 Å². The zero-order valence-electron chi connectivity index (χ0n) is 11.4. The smallest absolute Gasteiger partial charge is 0.241 e. The Morgan fingerprint density at radius 1 is 1.41 bits per heavy atom. The lowest BCUT2D eigenvalue weighted by Crippen LogP contribution is -2.35. The highest BCUT2D eigenvalue weighted by molar-refractivity contribution is 5.84. The summed E-state index contributed by atoms with van der Waals surface area (Å²) in [4.78, 5) is 14.2. The Balaban J connectivity index is 1.77. The molecule has 3 nitrogen and oxygen atoms in total. The second-order valence-electron chi connectivity index (χ2n) is 6.14. The van der Waals surface area contributed by atoms with Gasteiger partial charge in [0.15, 0.2) is 0 Å². The summed E-state index contributed by atoms with van der Waals surface area (Å²) >= 11 is 0. The summed E-state index contributed by atoms with van der Waals surface area (Å²) in [5.74, 6) is 1.87.